The molecule has 0 aliphatic heterocycles. The second-order valence-corrected chi connectivity index (χ2v) is 6.76. The molecule has 0 aliphatic rings. The van der Waals surface area contributed by atoms with Crippen molar-refractivity contribution in [3.63, 3.8) is 0 Å². The molecular formula is C12H13ClFNO3S. The van der Waals surface area contributed by atoms with Crippen molar-refractivity contribution in [1.82, 2.24) is 4.90 Å². The molecule has 0 aromatic heterocycles. The molecule has 0 fully saturated rings. The summed E-state index contributed by atoms with van der Waals surface area (Å²) in [6.45, 7) is 5.68. The summed E-state index contributed by atoms with van der Waals surface area (Å²) >= 11 is 0. The van der Waals surface area contributed by atoms with Gasteiger partial charge in [0.1, 0.15) is 5.82 Å². The lowest BCUT2D eigenvalue weighted by molar-refractivity contribution is 0.0802. The molecule has 0 aliphatic carbocycles. The number of nitrogens with zero attached hydrogens (tertiary/aromatic N) is 1. The summed E-state index contributed by atoms with van der Waals surface area (Å²) in [6, 6.07) is 2.92. The number of halogens is 2. The number of carbonyl (C=O) groups excluding carboxylic acids is 1. The van der Waals surface area contributed by atoms with Crippen LogP contribution in [0.3, 0.4) is 0 Å². The summed E-state index contributed by atoms with van der Waals surface area (Å²) in [6.07, 6.45) is 0. The molecule has 1 aromatic rings. The van der Waals surface area contributed by atoms with Crippen LogP contribution in [-0.2, 0) is 9.05 Å². The van der Waals surface area contributed by atoms with Crippen LogP contribution in [0.4, 0.5) is 4.39 Å². The average molecular weight is 306 g/mol. The SMILES string of the molecule is C=C(C)CN(C)C(=O)c1ccc(S(=O)(=O)Cl)cc1F. The van der Waals surface area contributed by atoms with E-state index in [9.17, 15) is 17.6 Å². The number of hydrogen-bond acceptors (Lipinski definition) is 3. The van der Waals surface area contributed by atoms with Crippen LogP contribution < -0.4 is 0 Å². The van der Waals surface area contributed by atoms with E-state index in [0.29, 0.717) is 0 Å². The molecule has 0 atom stereocenters. The fourth-order valence-corrected chi connectivity index (χ4v) is 2.27. The van der Waals surface area contributed by atoms with Gasteiger partial charge in [0.2, 0.25) is 0 Å². The summed E-state index contributed by atoms with van der Waals surface area (Å²) in [4.78, 5) is 12.8. The Morgan fingerprint density at radius 2 is 2.05 bits per heavy atom. The second kappa shape index (κ2) is 5.71. The third-order valence-electron chi connectivity index (χ3n) is 2.31. The molecule has 19 heavy (non-hydrogen) atoms. The molecule has 104 valence electrons. The lowest BCUT2D eigenvalue weighted by atomic mass is 10.2. The molecule has 0 saturated heterocycles. The molecule has 0 spiro atoms. The average Bonchev–Trinajstić information content (AvgIpc) is 2.25. The van der Waals surface area contributed by atoms with Crippen LogP contribution in [0.5, 0.6) is 0 Å². The van der Waals surface area contributed by atoms with E-state index in [0.717, 1.165) is 23.8 Å². The van der Waals surface area contributed by atoms with Gasteiger partial charge in [-0.3, -0.25) is 4.79 Å². The summed E-state index contributed by atoms with van der Waals surface area (Å²) < 4.78 is 35.8. The lowest BCUT2D eigenvalue weighted by Gasteiger charge is -2.17. The fraction of sp³-hybridized carbons (Fsp3) is 0.250. The van der Waals surface area contributed by atoms with E-state index in [1.807, 2.05) is 0 Å². The lowest BCUT2D eigenvalue weighted by Crippen LogP contribution is -2.28. The van der Waals surface area contributed by atoms with Gasteiger partial charge in [-0.25, -0.2) is 12.8 Å². The summed E-state index contributed by atoms with van der Waals surface area (Å²) in [7, 11) is 2.58. The number of amides is 1. The van der Waals surface area contributed by atoms with E-state index in [-0.39, 0.29) is 17.0 Å². The van der Waals surface area contributed by atoms with E-state index < -0.39 is 20.8 Å². The minimum Gasteiger partial charge on any atom is -0.338 e. The molecule has 1 rings (SSSR count). The highest BCUT2D eigenvalue weighted by atomic mass is 35.7. The third-order valence-corrected chi connectivity index (χ3v) is 3.66. The summed E-state index contributed by atoms with van der Waals surface area (Å²) in [5, 5.41) is 0. The monoisotopic (exact) mass is 305 g/mol. The standard InChI is InChI=1S/C12H13ClFNO3S/c1-8(2)7-15(3)12(16)10-5-4-9(6-11(10)14)19(13,17)18/h4-6H,1,7H2,2-3H3. The van der Waals surface area contributed by atoms with Gasteiger partial charge >= 0.3 is 0 Å². The van der Waals surface area contributed by atoms with Gasteiger partial charge in [-0.05, 0) is 25.1 Å². The Morgan fingerprint density at radius 1 is 1.47 bits per heavy atom. The van der Waals surface area contributed by atoms with Gasteiger partial charge in [-0.2, -0.15) is 0 Å². The molecule has 4 nitrogen and oxygen atoms in total. The Kier molecular flexibility index (Phi) is 4.70. The number of benzene rings is 1. The van der Waals surface area contributed by atoms with Crippen molar-refractivity contribution in [2.45, 2.75) is 11.8 Å². The Bertz CT molecular complexity index is 628. The molecule has 1 amide bonds. The van der Waals surface area contributed by atoms with E-state index >= 15 is 0 Å². The molecule has 0 N–H and O–H groups in total. The highest BCUT2D eigenvalue weighted by Crippen LogP contribution is 2.19. The predicted molar refractivity (Wildman–Crippen MR) is 71.2 cm³/mol. The summed E-state index contributed by atoms with van der Waals surface area (Å²) in [5.41, 5.74) is 0.532. The Hall–Kier alpha value is -1.40. The van der Waals surface area contributed by atoms with Crippen LogP contribution in [0.15, 0.2) is 35.2 Å². The largest absolute Gasteiger partial charge is 0.338 e. The van der Waals surface area contributed by atoms with E-state index in [1.54, 1.807) is 6.92 Å². The minimum atomic E-state index is -4.01. The zero-order valence-electron chi connectivity index (χ0n) is 10.5. The normalized spacial score (nSPS) is 11.2. The number of rotatable bonds is 4. The van der Waals surface area contributed by atoms with Crippen LogP contribution in [-0.4, -0.2) is 32.8 Å². The van der Waals surface area contributed by atoms with Crippen molar-refractivity contribution in [2.24, 2.45) is 0 Å². The van der Waals surface area contributed by atoms with Crippen molar-refractivity contribution in [3.05, 3.63) is 41.7 Å². The highest BCUT2D eigenvalue weighted by molar-refractivity contribution is 8.13. The van der Waals surface area contributed by atoms with Crippen molar-refractivity contribution in [1.29, 1.82) is 0 Å². The maximum Gasteiger partial charge on any atom is 0.261 e. The van der Waals surface area contributed by atoms with Gasteiger partial charge in [0, 0.05) is 24.3 Å². The minimum absolute atomic E-state index is 0.215. The predicted octanol–water partition coefficient (Wildman–Crippen LogP) is 2.40. The van der Waals surface area contributed by atoms with Gasteiger partial charge in [0.15, 0.2) is 0 Å². The maximum atomic E-state index is 13.7. The van der Waals surface area contributed by atoms with E-state index in [1.165, 1.54) is 11.9 Å². The van der Waals surface area contributed by atoms with Crippen LogP contribution in [0.1, 0.15) is 17.3 Å². The van der Waals surface area contributed by atoms with Gasteiger partial charge in [-0.1, -0.05) is 12.2 Å². The first-order valence-corrected chi connectivity index (χ1v) is 7.58. The zero-order chi connectivity index (χ0) is 14.8. The third kappa shape index (κ3) is 4.04. The highest BCUT2D eigenvalue weighted by Gasteiger charge is 2.19. The Labute approximate surface area is 115 Å². The van der Waals surface area contributed by atoms with Crippen LogP contribution in [0, 0.1) is 5.82 Å². The van der Waals surface area contributed by atoms with E-state index in [4.69, 9.17) is 10.7 Å². The topological polar surface area (TPSA) is 54.5 Å². The van der Waals surface area contributed by atoms with Gasteiger partial charge in [0.25, 0.3) is 15.0 Å². The van der Waals surface area contributed by atoms with Gasteiger partial charge < -0.3 is 4.90 Å². The van der Waals surface area contributed by atoms with Crippen molar-refractivity contribution in [3.8, 4) is 0 Å². The Morgan fingerprint density at radius 3 is 2.47 bits per heavy atom. The molecule has 0 radical (unpaired) electrons. The van der Waals surface area contributed by atoms with Crippen molar-refractivity contribution in [2.75, 3.05) is 13.6 Å². The molecular weight excluding hydrogens is 293 g/mol. The fourth-order valence-electron chi connectivity index (χ4n) is 1.50. The van der Waals surface area contributed by atoms with Crippen LogP contribution in [0.2, 0.25) is 0 Å². The Balaban J connectivity index is 3.10. The first-order valence-electron chi connectivity index (χ1n) is 5.27. The van der Waals surface area contributed by atoms with Crippen molar-refractivity contribution >= 4 is 25.6 Å². The summed E-state index contributed by atoms with van der Waals surface area (Å²) in [5.74, 6) is -1.49. The first kappa shape index (κ1) is 15.7. The zero-order valence-corrected chi connectivity index (χ0v) is 12.1. The van der Waals surface area contributed by atoms with E-state index in [2.05, 4.69) is 6.58 Å². The molecule has 0 heterocycles. The molecule has 7 heteroatoms. The number of likely N-dealkylation sites (N-methyl/N-ethyl adjacent to an activating group) is 1. The van der Waals surface area contributed by atoms with Crippen molar-refractivity contribution < 1.29 is 17.6 Å². The van der Waals surface area contributed by atoms with Crippen LogP contribution >= 0.6 is 10.7 Å². The quantitative estimate of drug-likeness (QED) is 0.634. The van der Waals surface area contributed by atoms with Gasteiger partial charge in [-0.15, -0.1) is 0 Å². The number of carbonyl (C=O) groups is 1. The molecule has 0 unspecified atom stereocenters. The molecule has 0 saturated carbocycles. The first-order chi connectivity index (χ1) is 8.62. The number of hydrogen-bond donors (Lipinski definition) is 0. The molecule has 0 bridgehead atoms. The second-order valence-electron chi connectivity index (χ2n) is 4.20. The maximum absolute atomic E-state index is 13.7. The van der Waals surface area contributed by atoms with Gasteiger partial charge in [0.05, 0.1) is 10.5 Å². The smallest absolute Gasteiger partial charge is 0.261 e. The molecule has 1 aromatic carbocycles. The van der Waals surface area contributed by atoms with Crippen LogP contribution in [0.25, 0.3) is 0 Å².